The Kier molecular flexibility index (Phi) is 8.38. The highest BCUT2D eigenvalue weighted by molar-refractivity contribution is 7.90. The highest BCUT2D eigenvalue weighted by Crippen LogP contribution is 2.29. The van der Waals surface area contributed by atoms with Gasteiger partial charge < -0.3 is 4.98 Å². The summed E-state index contributed by atoms with van der Waals surface area (Å²) >= 11 is 6.63. The Balaban J connectivity index is 1.56. The summed E-state index contributed by atoms with van der Waals surface area (Å²) in [4.78, 5) is 16.1. The van der Waals surface area contributed by atoms with Crippen molar-refractivity contribution < 1.29 is 13.2 Å². The van der Waals surface area contributed by atoms with Crippen molar-refractivity contribution in [2.24, 2.45) is 0 Å². The van der Waals surface area contributed by atoms with Crippen LogP contribution >= 0.6 is 11.6 Å². The lowest BCUT2D eigenvalue weighted by Crippen LogP contribution is -2.32. The lowest BCUT2D eigenvalue weighted by molar-refractivity contribution is 0.0981. The Morgan fingerprint density at radius 1 is 0.973 bits per heavy atom. The number of halogens is 1. The van der Waals surface area contributed by atoms with E-state index in [2.05, 4.69) is 21.5 Å². The Hall–Kier alpha value is -3.53. The first-order valence-electron chi connectivity index (χ1n) is 12.3. The zero-order valence-electron chi connectivity index (χ0n) is 20.9. The number of rotatable bonds is 8. The molecule has 0 saturated heterocycles. The number of amides is 1. The molecule has 0 aliphatic rings. The van der Waals surface area contributed by atoms with Crippen molar-refractivity contribution in [2.75, 3.05) is 5.75 Å². The number of aromatic amines is 1. The maximum atomic E-state index is 12.7. The number of unbranched alkanes of at least 4 members (excludes halogenated alkanes) is 2. The summed E-state index contributed by atoms with van der Waals surface area (Å²) in [5.74, 6) is 5.60. The van der Waals surface area contributed by atoms with Crippen molar-refractivity contribution >= 4 is 38.4 Å². The molecule has 190 valence electrons. The number of hydrogen-bond donors (Lipinski definition) is 2. The van der Waals surface area contributed by atoms with Crippen LogP contribution in [-0.2, 0) is 16.4 Å². The monoisotopic (exact) mass is 532 g/mol. The fourth-order valence-corrected chi connectivity index (χ4v) is 5.50. The Morgan fingerprint density at radius 3 is 2.46 bits per heavy atom. The van der Waals surface area contributed by atoms with Gasteiger partial charge in [-0.05, 0) is 66.9 Å². The van der Waals surface area contributed by atoms with Gasteiger partial charge in [-0.2, -0.15) is 0 Å². The Morgan fingerprint density at radius 2 is 1.73 bits per heavy atom. The molecule has 0 radical (unpaired) electrons. The molecule has 0 atom stereocenters. The molecule has 4 aromatic rings. The van der Waals surface area contributed by atoms with E-state index in [-0.39, 0.29) is 5.75 Å². The summed E-state index contributed by atoms with van der Waals surface area (Å²) in [7, 11) is -3.68. The fourth-order valence-electron chi connectivity index (χ4n) is 4.17. The minimum absolute atomic E-state index is 0.0619. The zero-order valence-corrected chi connectivity index (χ0v) is 22.5. The topological polar surface area (TPSA) is 79.0 Å². The maximum absolute atomic E-state index is 12.7. The van der Waals surface area contributed by atoms with Crippen LogP contribution in [0.5, 0.6) is 0 Å². The molecule has 5 nitrogen and oxygen atoms in total. The third kappa shape index (κ3) is 6.82. The number of H-pyrrole nitrogens is 1. The molecule has 0 spiro atoms. The summed E-state index contributed by atoms with van der Waals surface area (Å²) in [5.41, 5.74) is 5.83. The minimum atomic E-state index is -3.68. The largest absolute Gasteiger partial charge is 0.358 e. The maximum Gasteiger partial charge on any atom is 0.264 e. The van der Waals surface area contributed by atoms with Crippen molar-refractivity contribution in [2.45, 2.75) is 39.5 Å². The molecular weight excluding hydrogens is 504 g/mol. The van der Waals surface area contributed by atoms with Gasteiger partial charge in [0.05, 0.1) is 5.75 Å². The van der Waals surface area contributed by atoms with Gasteiger partial charge in [-0.15, -0.1) is 0 Å². The van der Waals surface area contributed by atoms with E-state index >= 15 is 0 Å². The SMILES string of the molecule is CCCCCS(=O)(=O)NC(=O)c1ccc2[nH]c(C)c(Cc3ccc(C#Cc4ccccc4)cc3Cl)c2c1. The predicted octanol–water partition coefficient (Wildman–Crippen LogP) is 6.37. The van der Waals surface area contributed by atoms with Gasteiger partial charge in [-0.25, -0.2) is 13.1 Å². The van der Waals surface area contributed by atoms with Crippen molar-refractivity contribution in [1.82, 2.24) is 9.71 Å². The zero-order chi connectivity index (χ0) is 26.4. The lowest BCUT2D eigenvalue weighted by atomic mass is 9.99. The molecule has 1 heterocycles. The van der Waals surface area contributed by atoms with Crippen molar-refractivity contribution in [1.29, 1.82) is 0 Å². The van der Waals surface area contributed by atoms with Crippen LogP contribution < -0.4 is 4.72 Å². The molecule has 1 amide bonds. The molecule has 0 saturated carbocycles. The Labute approximate surface area is 223 Å². The first-order chi connectivity index (χ1) is 17.8. The van der Waals surface area contributed by atoms with E-state index in [0.29, 0.717) is 23.4 Å². The standard InChI is InChI=1S/C30H29ClN2O3S/c1-3-4-8-17-37(35,36)33-30(34)25-15-16-29-27(20-25)26(21(2)32-29)19-24-14-13-23(18-28(24)31)12-11-22-9-6-5-7-10-22/h5-7,9-10,13-16,18,20,32H,3-4,8,17,19H2,1-2H3,(H,33,34). The number of hydrogen-bond acceptors (Lipinski definition) is 3. The van der Waals surface area contributed by atoms with E-state index in [9.17, 15) is 13.2 Å². The summed E-state index contributed by atoms with van der Waals surface area (Å²) in [6, 6.07) is 20.7. The third-order valence-corrected chi connectivity index (χ3v) is 7.87. The van der Waals surface area contributed by atoms with E-state index in [4.69, 9.17) is 11.6 Å². The minimum Gasteiger partial charge on any atom is -0.358 e. The number of carbonyl (C=O) groups excluding carboxylic acids is 1. The van der Waals surface area contributed by atoms with Gasteiger partial charge in [0.2, 0.25) is 10.0 Å². The number of benzene rings is 3. The quantitative estimate of drug-likeness (QED) is 0.204. The number of aromatic nitrogens is 1. The van der Waals surface area contributed by atoms with E-state index < -0.39 is 15.9 Å². The van der Waals surface area contributed by atoms with Crippen LogP contribution in [-0.4, -0.2) is 25.1 Å². The van der Waals surface area contributed by atoms with Crippen LogP contribution in [0.3, 0.4) is 0 Å². The molecule has 7 heteroatoms. The molecule has 4 rings (SSSR count). The van der Waals surface area contributed by atoms with Gasteiger partial charge in [0.25, 0.3) is 5.91 Å². The van der Waals surface area contributed by atoms with Gasteiger partial charge in [0.15, 0.2) is 0 Å². The summed E-state index contributed by atoms with van der Waals surface area (Å²) in [6.45, 7) is 3.97. The average molecular weight is 533 g/mol. The van der Waals surface area contributed by atoms with Gasteiger partial charge in [-0.1, -0.05) is 67.5 Å². The highest BCUT2D eigenvalue weighted by Gasteiger charge is 2.18. The molecule has 0 aliphatic carbocycles. The summed E-state index contributed by atoms with van der Waals surface area (Å²) in [6.07, 6.45) is 2.79. The number of sulfonamides is 1. The smallest absolute Gasteiger partial charge is 0.264 e. The van der Waals surface area contributed by atoms with Crippen LogP contribution in [0.25, 0.3) is 10.9 Å². The van der Waals surface area contributed by atoms with Crippen molar-refractivity contribution in [3.05, 3.63) is 105 Å². The van der Waals surface area contributed by atoms with Crippen LogP contribution in [0.4, 0.5) is 0 Å². The van der Waals surface area contributed by atoms with Gasteiger partial charge in [0.1, 0.15) is 0 Å². The lowest BCUT2D eigenvalue weighted by Gasteiger charge is -2.08. The van der Waals surface area contributed by atoms with Gasteiger partial charge in [0, 0.05) is 44.7 Å². The molecule has 0 unspecified atom stereocenters. The van der Waals surface area contributed by atoms with Crippen LogP contribution in [0.15, 0.2) is 66.7 Å². The van der Waals surface area contributed by atoms with Crippen LogP contribution in [0.2, 0.25) is 5.02 Å². The summed E-state index contributed by atoms with van der Waals surface area (Å²) in [5, 5.41) is 1.47. The molecule has 0 bridgehead atoms. The van der Waals surface area contributed by atoms with E-state index in [1.807, 2.05) is 62.4 Å². The van der Waals surface area contributed by atoms with Gasteiger partial charge in [-0.3, -0.25) is 4.79 Å². The number of carbonyl (C=O) groups is 1. The van der Waals surface area contributed by atoms with E-state index in [0.717, 1.165) is 51.7 Å². The van der Waals surface area contributed by atoms with Crippen molar-refractivity contribution in [3.63, 3.8) is 0 Å². The highest BCUT2D eigenvalue weighted by atomic mass is 35.5. The second kappa shape index (κ2) is 11.7. The van der Waals surface area contributed by atoms with Crippen molar-refractivity contribution in [3.8, 4) is 11.8 Å². The summed E-state index contributed by atoms with van der Waals surface area (Å²) < 4.78 is 26.8. The molecule has 2 N–H and O–H groups in total. The number of nitrogens with one attached hydrogen (secondary N) is 2. The third-order valence-electron chi connectivity index (χ3n) is 6.19. The second-order valence-electron chi connectivity index (χ2n) is 9.05. The fraction of sp³-hybridized carbons (Fsp3) is 0.233. The van der Waals surface area contributed by atoms with E-state index in [1.54, 1.807) is 18.2 Å². The molecule has 0 aliphatic heterocycles. The average Bonchev–Trinajstić information content (AvgIpc) is 3.18. The first-order valence-corrected chi connectivity index (χ1v) is 14.3. The van der Waals surface area contributed by atoms with Crippen LogP contribution in [0, 0.1) is 18.8 Å². The molecule has 0 fully saturated rings. The molecular formula is C30H29ClN2O3S. The molecule has 37 heavy (non-hydrogen) atoms. The van der Waals surface area contributed by atoms with Crippen LogP contribution in [0.1, 0.15) is 64.5 Å². The predicted molar refractivity (Wildman–Crippen MR) is 150 cm³/mol. The van der Waals surface area contributed by atoms with Gasteiger partial charge >= 0.3 is 0 Å². The number of fused-ring (bicyclic) bond motifs is 1. The molecule has 1 aromatic heterocycles. The normalized spacial score (nSPS) is 11.2. The molecule has 3 aromatic carbocycles. The number of aryl methyl sites for hydroxylation is 1. The second-order valence-corrected chi connectivity index (χ2v) is 11.3. The first kappa shape index (κ1) is 26.5. The van der Waals surface area contributed by atoms with E-state index in [1.165, 1.54) is 0 Å². The Bertz CT molecular complexity index is 1600.